The Balaban J connectivity index is 1.68. The number of amides is 1. The number of hydrogen-bond donors (Lipinski definition) is 1. The molecule has 5 nitrogen and oxygen atoms in total. The van der Waals surface area contributed by atoms with Crippen LogP contribution < -0.4 is 5.32 Å². The normalized spacial score (nSPS) is 18.0. The van der Waals surface area contributed by atoms with Crippen molar-refractivity contribution in [2.75, 3.05) is 0 Å². The van der Waals surface area contributed by atoms with Gasteiger partial charge in [0.2, 0.25) is 5.91 Å². The molecular weight excluding hydrogens is 228 g/mol. The third-order valence-corrected chi connectivity index (χ3v) is 3.50. The largest absolute Gasteiger partial charge is 0.353 e. The van der Waals surface area contributed by atoms with Gasteiger partial charge in [0.25, 0.3) is 0 Å². The average Bonchev–Trinajstić information content (AvgIpc) is 2.83. The summed E-state index contributed by atoms with van der Waals surface area (Å²) in [6, 6.07) is 0.383. The number of nitrogens with zero attached hydrogens (tertiary/aromatic N) is 3. The fourth-order valence-corrected chi connectivity index (χ4v) is 2.46. The van der Waals surface area contributed by atoms with Gasteiger partial charge in [-0.05, 0) is 12.8 Å². The van der Waals surface area contributed by atoms with E-state index in [-0.39, 0.29) is 5.91 Å². The highest BCUT2D eigenvalue weighted by atomic mass is 16.1. The summed E-state index contributed by atoms with van der Waals surface area (Å²) in [5.41, 5.74) is 0. The molecule has 0 aliphatic heterocycles. The van der Waals surface area contributed by atoms with E-state index in [1.54, 1.807) is 11.0 Å². The number of carbonyl (C=O) groups is 1. The van der Waals surface area contributed by atoms with Crippen LogP contribution in [0, 0.1) is 0 Å². The van der Waals surface area contributed by atoms with Crippen LogP contribution in [0.4, 0.5) is 0 Å². The molecule has 1 fully saturated rings. The standard InChI is InChI=1S/C13H22N4O/c18-13(8-9-17-11-14-10-15-17)16-12-6-4-2-1-3-5-7-12/h10-12H,1-9H2,(H,16,18). The predicted molar refractivity (Wildman–Crippen MR) is 68.9 cm³/mol. The first-order valence-electron chi connectivity index (χ1n) is 6.96. The van der Waals surface area contributed by atoms with E-state index < -0.39 is 0 Å². The molecule has 5 heteroatoms. The molecule has 1 amide bonds. The summed E-state index contributed by atoms with van der Waals surface area (Å²) in [7, 11) is 0. The summed E-state index contributed by atoms with van der Waals surface area (Å²) in [6.45, 7) is 0.610. The first kappa shape index (κ1) is 13.1. The van der Waals surface area contributed by atoms with E-state index >= 15 is 0 Å². The lowest BCUT2D eigenvalue weighted by Crippen LogP contribution is -2.35. The van der Waals surface area contributed by atoms with Crippen LogP contribution in [0.3, 0.4) is 0 Å². The van der Waals surface area contributed by atoms with E-state index in [4.69, 9.17) is 0 Å². The maximum absolute atomic E-state index is 11.8. The Morgan fingerprint density at radius 2 is 1.94 bits per heavy atom. The van der Waals surface area contributed by atoms with Gasteiger partial charge >= 0.3 is 0 Å². The molecule has 1 heterocycles. The van der Waals surface area contributed by atoms with Crippen molar-refractivity contribution < 1.29 is 4.79 Å². The zero-order valence-corrected chi connectivity index (χ0v) is 10.8. The van der Waals surface area contributed by atoms with Crippen molar-refractivity contribution in [3.05, 3.63) is 12.7 Å². The number of carbonyl (C=O) groups excluding carboxylic acids is 1. The van der Waals surface area contributed by atoms with Gasteiger partial charge in [0, 0.05) is 12.5 Å². The first-order chi connectivity index (χ1) is 8.84. The molecule has 0 aromatic carbocycles. The predicted octanol–water partition coefficient (Wildman–Crippen LogP) is 1.90. The number of rotatable bonds is 4. The van der Waals surface area contributed by atoms with Crippen molar-refractivity contribution in [2.24, 2.45) is 0 Å². The number of hydrogen-bond acceptors (Lipinski definition) is 3. The maximum atomic E-state index is 11.8. The molecule has 2 rings (SSSR count). The lowest BCUT2D eigenvalue weighted by Gasteiger charge is -2.21. The fourth-order valence-electron chi connectivity index (χ4n) is 2.46. The van der Waals surface area contributed by atoms with Gasteiger partial charge in [0.05, 0.1) is 6.54 Å². The SMILES string of the molecule is O=C(CCn1cncn1)NC1CCCCCCC1. The lowest BCUT2D eigenvalue weighted by molar-refractivity contribution is -0.122. The molecule has 0 radical (unpaired) electrons. The highest BCUT2D eigenvalue weighted by molar-refractivity contribution is 5.76. The van der Waals surface area contributed by atoms with Crippen molar-refractivity contribution in [2.45, 2.75) is 64.0 Å². The van der Waals surface area contributed by atoms with Gasteiger partial charge in [-0.1, -0.05) is 32.1 Å². The van der Waals surface area contributed by atoms with Gasteiger partial charge < -0.3 is 5.32 Å². The van der Waals surface area contributed by atoms with Crippen LogP contribution in [0.15, 0.2) is 12.7 Å². The van der Waals surface area contributed by atoms with Crippen LogP contribution in [-0.4, -0.2) is 26.7 Å². The molecule has 1 aromatic heterocycles. The minimum atomic E-state index is 0.135. The smallest absolute Gasteiger partial charge is 0.222 e. The second kappa shape index (κ2) is 7.13. The molecule has 0 unspecified atom stereocenters. The van der Waals surface area contributed by atoms with Gasteiger partial charge in [0.15, 0.2) is 0 Å². The number of aryl methyl sites for hydroxylation is 1. The molecule has 1 aliphatic rings. The average molecular weight is 250 g/mol. The van der Waals surface area contributed by atoms with Gasteiger partial charge in [-0.3, -0.25) is 9.48 Å². The van der Waals surface area contributed by atoms with Crippen LogP contribution in [0.5, 0.6) is 0 Å². The number of nitrogens with one attached hydrogen (secondary N) is 1. The van der Waals surface area contributed by atoms with Crippen LogP contribution >= 0.6 is 0 Å². The van der Waals surface area contributed by atoms with Crippen molar-refractivity contribution in [3.8, 4) is 0 Å². The Morgan fingerprint density at radius 1 is 1.22 bits per heavy atom. The summed E-state index contributed by atoms with van der Waals surface area (Å²) >= 11 is 0. The Hall–Kier alpha value is -1.39. The molecule has 1 aromatic rings. The summed E-state index contributed by atoms with van der Waals surface area (Å²) in [6.07, 6.45) is 12.4. The second-order valence-corrected chi connectivity index (χ2v) is 5.02. The highest BCUT2D eigenvalue weighted by Crippen LogP contribution is 2.17. The molecule has 1 aliphatic carbocycles. The Kier molecular flexibility index (Phi) is 5.17. The molecule has 0 saturated heterocycles. The Labute approximate surface area is 108 Å². The van der Waals surface area contributed by atoms with Crippen LogP contribution in [0.2, 0.25) is 0 Å². The van der Waals surface area contributed by atoms with Crippen molar-refractivity contribution in [1.82, 2.24) is 20.1 Å². The van der Waals surface area contributed by atoms with Crippen molar-refractivity contribution >= 4 is 5.91 Å². The topological polar surface area (TPSA) is 59.8 Å². The van der Waals surface area contributed by atoms with E-state index in [1.165, 1.54) is 38.4 Å². The minimum Gasteiger partial charge on any atom is -0.353 e. The van der Waals surface area contributed by atoms with E-state index in [0.717, 1.165) is 12.8 Å². The minimum absolute atomic E-state index is 0.135. The highest BCUT2D eigenvalue weighted by Gasteiger charge is 2.13. The third kappa shape index (κ3) is 4.47. The van der Waals surface area contributed by atoms with Gasteiger partial charge in [-0.2, -0.15) is 5.10 Å². The summed E-state index contributed by atoms with van der Waals surface area (Å²) in [5.74, 6) is 0.135. The van der Waals surface area contributed by atoms with Crippen LogP contribution in [0.25, 0.3) is 0 Å². The zero-order valence-electron chi connectivity index (χ0n) is 10.8. The molecule has 18 heavy (non-hydrogen) atoms. The van der Waals surface area contributed by atoms with E-state index in [1.807, 2.05) is 0 Å². The van der Waals surface area contributed by atoms with Crippen LogP contribution in [0.1, 0.15) is 51.4 Å². The summed E-state index contributed by atoms with van der Waals surface area (Å²) < 4.78 is 1.69. The van der Waals surface area contributed by atoms with E-state index in [0.29, 0.717) is 19.0 Å². The Bertz CT molecular complexity index is 342. The molecule has 0 bridgehead atoms. The first-order valence-corrected chi connectivity index (χ1v) is 6.96. The maximum Gasteiger partial charge on any atom is 0.222 e. The molecule has 0 atom stereocenters. The van der Waals surface area contributed by atoms with E-state index in [2.05, 4.69) is 15.4 Å². The van der Waals surface area contributed by atoms with Gasteiger partial charge in [-0.25, -0.2) is 4.98 Å². The molecule has 100 valence electrons. The molecule has 0 spiro atoms. The van der Waals surface area contributed by atoms with Crippen LogP contribution in [-0.2, 0) is 11.3 Å². The molecule has 1 saturated carbocycles. The molecule has 1 N–H and O–H groups in total. The summed E-state index contributed by atoms with van der Waals surface area (Å²) in [4.78, 5) is 15.7. The second-order valence-electron chi connectivity index (χ2n) is 5.02. The fraction of sp³-hybridized carbons (Fsp3) is 0.769. The third-order valence-electron chi connectivity index (χ3n) is 3.50. The zero-order chi connectivity index (χ0) is 12.6. The quantitative estimate of drug-likeness (QED) is 0.887. The van der Waals surface area contributed by atoms with E-state index in [9.17, 15) is 4.79 Å². The lowest BCUT2D eigenvalue weighted by atomic mass is 9.96. The van der Waals surface area contributed by atoms with Gasteiger partial charge in [0.1, 0.15) is 12.7 Å². The Morgan fingerprint density at radius 3 is 2.61 bits per heavy atom. The molecular formula is C13H22N4O. The summed E-state index contributed by atoms with van der Waals surface area (Å²) in [5, 5.41) is 7.14. The van der Waals surface area contributed by atoms with Gasteiger partial charge in [-0.15, -0.1) is 0 Å². The van der Waals surface area contributed by atoms with Crippen molar-refractivity contribution in [3.63, 3.8) is 0 Å². The van der Waals surface area contributed by atoms with Crippen molar-refractivity contribution in [1.29, 1.82) is 0 Å². The number of aromatic nitrogens is 3. The monoisotopic (exact) mass is 250 g/mol.